The Balaban J connectivity index is 2.43. The molecule has 0 bridgehead atoms. The minimum Gasteiger partial charge on any atom is -0.454 e. The number of aryl methyl sites for hydroxylation is 1. The first-order valence-corrected chi connectivity index (χ1v) is 7.77. The number of non-ortho nitro benzene ring substituents is 1. The normalized spacial score (nSPS) is 10.5. The first kappa shape index (κ1) is 16.1. The first-order valence-electron chi connectivity index (χ1n) is 5.89. The Morgan fingerprint density at radius 1 is 1.24 bits per heavy atom. The molecule has 0 atom stereocenters. The number of nitro benzene ring substituents is 1. The molecule has 2 aromatic carbocycles. The standard InChI is InChI=1S/C14H10BrCl2NO3/c1-8-2-3-13(9(4-8)7-15)21-14-11(16)5-10(18(19)20)6-12(14)17/h2-6H,7H2,1H3. The highest BCUT2D eigenvalue weighted by atomic mass is 79.9. The molecular weight excluding hydrogens is 381 g/mol. The summed E-state index contributed by atoms with van der Waals surface area (Å²) in [5.74, 6) is 0.796. The molecule has 0 spiro atoms. The average molecular weight is 391 g/mol. The number of benzene rings is 2. The van der Waals surface area contributed by atoms with Gasteiger partial charge in [-0.3, -0.25) is 10.1 Å². The highest BCUT2D eigenvalue weighted by Crippen LogP contribution is 2.40. The summed E-state index contributed by atoms with van der Waals surface area (Å²) in [7, 11) is 0. The van der Waals surface area contributed by atoms with Crippen LogP contribution in [0.5, 0.6) is 11.5 Å². The van der Waals surface area contributed by atoms with Crippen LogP contribution in [0.2, 0.25) is 10.0 Å². The van der Waals surface area contributed by atoms with Gasteiger partial charge < -0.3 is 4.74 Å². The number of ether oxygens (including phenoxy) is 1. The van der Waals surface area contributed by atoms with Crippen LogP contribution in [0, 0.1) is 17.0 Å². The monoisotopic (exact) mass is 389 g/mol. The third-order valence-electron chi connectivity index (χ3n) is 2.77. The lowest BCUT2D eigenvalue weighted by molar-refractivity contribution is -0.384. The van der Waals surface area contributed by atoms with Gasteiger partial charge in [-0.1, -0.05) is 56.8 Å². The third-order valence-corrected chi connectivity index (χ3v) is 3.93. The van der Waals surface area contributed by atoms with Crippen LogP contribution in [0.25, 0.3) is 0 Å². The maximum Gasteiger partial charge on any atom is 0.272 e. The smallest absolute Gasteiger partial charge is 0.272 e. The molecule has 0 aliphatic heterocycles. The Labute approximate surface area is 139 Å². The second kappa shape index (κ2) is 6.64. The highest BCUT2D eigenvalue weighted by molar-refractivity contribution is 9.08. The minimum absolute atomic E-state index is 0.0929. The Morgan fingerprint density at radius 2 is 1.86 bits per heavy atom. The summed E-state index contributed by atoms with van der Waals surface area (Å²) in [6, 6.07) is 8.10. The number of rotatable bonds is 4. The van der Waals surface area contributed by atoms with Gasteiger partial charge in [0.2, 0.25) is 0 Å². The van der Waals surface area contributed by atoms with Crippen molar-refractivity contribution in [3.05, 3.63) is 61.6 Å². The van der Waals surface area contributed by atoms with Crippen LogP contribution >= 0.6 is 39.1 Å². The summed E-state index contributed by atoms with van der Waals surface area (Å²) in [5.41, 5.74) is 1.85. The van der Waals surface area contributed by atoms with Crippen LogP contribution in [0.1, 0.15) is 11.1 Å². The zero-order valence-corrected chi connectivity index (χ0v) is 14.0. The quantitative estimate of drug-likeness (QED) is 0.371. The van der Waals surface area contributed by atoms with Crippen molar-refractivity contribution in [2.75, 3.05) is 0 Å². The molecular formula is C14H10BrCl2NO3. The lowest BCUT2D eigenvalue weighted by Crippen LogP contribution is -1.94. The van der Waals surface area contributed by atoms with Gasteiger partial charge in [0, 0.05) is 23.0 Å². The lowest BCUT2D eigenvalue weighted by Gasteiger charge is -2.13. The predicted molar refractivity (Wildman–Crippen MR) is 87.0 cm³/mol. The van der Waals surface area contributed by atoms with Crippen molar-refractivity contribution in [3.8, 4) is 11.5 Å². The number of hydrogen-bond donors (Lipinski definition) is 0. The lowest BCUT2D eigenvalue weighted by atomic mass is 10.1. The molecule has 0 fully saturated rings. The van der Waals surface area contributed by atoms with Gasteiger partial charge in [-0.15, -0.1) is 0 Å². The zero-order chi connectivity index (χ0) is 15.6. The van der Waals surface area contributed by atoms with Gasteiger partial charge in [0.1, 0.15) is 5.75 Å². The van der Waals surface area contributed by atoms with Crippen LogP contribution in [0.4, 0.5) is 5.69 Å². The Bertz CT molecular complexity index is 684. The van der Waals surface area contributed by atoms with E-state index in [0.717, 1.165) is 11.1 Å². The molecule has 0 radical (unpaired) electrons. The number of hydrogen-bond acceptors (Lipinski definition) is 3. The zero-order valence-electron chi connectivity index (χ0n) is 10.9. The van der Waals surface area contributed by atoms with Gasteiger partial charge in [0.15, 0.2) is 5.75 Å². The van der Waals surface area contributed by atoms with E-state index in [-0.39, 0.29) is 21.5 Å². The van der Waals surface area contributed by atoms with E-state index in [4.69, 9.17) is 27.9 Å². The van der Waals surface area contributed by atoms with Gasteiger partial charge in [-0.05, 0) is 13.0 Å². The van der Waals surface area contributed by atoms with Gasteiger partial charge in [0.05, 0.1) is 15.0 Å². The number of halogens is 3. The first-order chi connectivity index (χ1) is 9.92. The molecule has 110 valence electrons. The van der Waals surface area contributed by atoms with Crippen molar-refractivity contribution < 1.29 is 9.66 Å². The number of alkyl halides is 1. The average Bonchev–Trinajstić information content (AvgIpc) is 2.43. The van der Waals surface area contributed by atoms with Gasteiger partial charge >= 0.3 is 0 Å². The molecule has 0 amide bonds. The van der Waals surface area contributed by atoms with Crippen LogP contribution in [-0.2, 0) is 5.33 Å². The summed E-state index contributed by atoms with van der Waals surface area (Å²) >= 11 is 15.4. The molecule has 2 rings (SSSR count). The molecule has 0 saturated heterocycles. The predicted octanol–water partition coefficient (Wildman–Crippen LogP) is 5.90. The molecule has 2 aromatic rings. The molecule has 0 aromatic heterocycles. The van der Waals surface area contributed by atoms with E-state index in [1.165, 1.54) is 12.1 Å². The van der Waals surface area contributed by atoms with Crippen LogP contribution in [-0.4, -0.2) is 4.92 Å². The molecule has 0 saturated carbocycles. The summed E-state index contributed by atoms with van der Waals surface area (Å²) in [5, 5.41) is 11.5. The van der Waals surface area contributed by atoms with E-state index in [2.05, 4.69) is 15.9 Å². The topological polar surface area (TPSA) is 52.4 Å². The molecule has 7 heteroatoms. The van der Waals surface area contributed by atoms with E-state index in [9.17, 15) is 10.1 Å². The van der Waals surface area contributed by atoms with Gasteiger partial charge in [-0.25, -0.2) is 0 Å². The number of nitro groups is 1. The van der Waals surface area contributed by atoms with Crippen LogP contribution in [0.3, 0.4) is 0 Å². The minimum atomic E-state index is -0.558. The van der Waals surface area contributed by atoms with Gasteiger partial charge in [-0.2, -0.15) is 0 Å². The van der Waals surface area contributed by atoms with Crippen molar-refractivity contribution >= 4 is 44.8 Å². The molecule has 0 N–H and O–H groups in total. The van der Waals surface area contributed by atoms with Crippen molar-refractivity contribution in [2.24, 2.45) is 0 Å². The third kappa shape index (κ3) is 3.67. The number of nitrogens with zero attached hydrogens (tertiary/aromatic N) is 1. The fourth-order valence-corrected chi connectivity index (χ4v) is 2.76. The van der Waals surface area contributed by atoms with Crippen molar-refractivity contribution in [1.29, 1.82) is 0 Å². The van der Waals surface area contributed by atoms with E-state index in [1.807, 2.05) is 19.1 Å². The Hall–Kier alpha value is -1.30. The van der Waals surface area contributed by atoms with Gasteiger partial charge in [0.25, 0.3) is 5.69 Å². The molecule has 0 aliphatic carbocycles. The molecule has 0 aliphatic rings. The fraction of sp³-hybridized carbons (Fsp3) is 0.143. The van der Waals surface area contributed by atoms with E-state index < -0.39 is 4.92 Å². The summed E-state index contributed by atoms with van der Waals surface area (Å²) in [6.07, 6.45) is 0. The molecule has 21 heavy (non-hydrogen) atoms. The molecule has 4 nitrogen and oxygen atoms in total. The highest BCUT2D eigenvalue weighted by Gasteiger charge is 2.17. The maximum atomic E-state index is 10.8. The van der Waals surface area contributed by atoms with E-state index in [1.54, 1.807) is 6.07 Å². The van der Waals surface area contributed by atoms with Crippen molar-refractivity contribution in [3.63, 3.8) is 0 Å². The summed E-state index contributed by atoms with van der Waals surface area (Å²) < 4.78 is 5.74. The fourth-order valence-electron chi connectivity index (χ4n) is 1.77. The summed E-state index contributed by atoms with van der Waals surface area (Å²) in [4.78, 5) is 10.2. The maximum absolute atomic E-state index is 10.8. The summed E-state index contributed by atoms with van der Waals surface area (Å²) in [6.45, 7) is 1.97. The van der Waals surface area contributed by atoms with Crippen LogP contribution < -0.4 is 4.74 Å². The largest absolute Gasteiger partial charge is 0.454 e. The molecule has 0 heterocycles. The van der Waals surface area contributed by atoms with Crippen molar-refractivity contribution in [1.82, 2.24) is 0 Å². The van der Waals surface area contributed by atoms with Crippen LogP contribution in [0.15, 0.2) is 30.3 Å². The van der Waals surface area contributed by atoms with E-state index in [0.29, 0.717) is 11.1 Å². The Kier molecular flexibility index (Phi) is 5.08. The second-order valence-corrected chi connectivity index (χ2v) is 5.72. The second-order valence-electron chi connectivity index (χ2n) is 4.34. The molecule has 0 unspecified atom stereocenters. The van der Waals surface area contributed by atoms with Crippen molar-refractivity contribution in [2.45, 2.75) is 12.3 Å². The van der Waals surface area contributed by atoms with E-state index >= 15 is 0 Å². The Morgan fingerprint density at radius 3 is 2.38 bits per heavy atom. The SMILES string of the molecule is Cc1ccc(Oc2c(Cl)cc([N+](=O)[O-])cc2Cl)c(CBr)c1.